The number of carbonyl (C=O) groups is 2. The Morgan fingerprint density at radius 3 is 2.52 bits per heavy atom. The number of rotatable bonds is 6. The van der Waals surface area contributed by atoms with E-state index in [0.29, 0.717) is 5.75 Å². The third kappa shape index (κ3) is 2.77. The molecule has 1 heterocycles. The van der Waals surface area contributed by atoms with Gasteiger partial charge in [0.05, 0.1) is 20.3 Å². The summed E-state index contributed by atoms with van der Waals surface area (Å²) in [5.74, 6) is -0.572. The van der Waals surface area contributed by atoms with E-state index in [2.05, 4.69) is 6.58 Å². The number of ketones is 1. The number of methoxy groups -OCH3 is 1. The van der Waals surface area contributed by atoms with Gasteiger partial charge in [-0.3, -0.25) is 9.59 Å². The van der Waals surface area contributed by atoms with E-state index in [-0.39, 0.29) is 19.0 Å². The number of esters is 1. The van der Waals surface area contributed by atoms with Gasteiger partial charge >= 0.3 is 5.97 Å². The lowest BCUT2D eigenvalue weighted by molar-refractivity contribution is -0.165. The summed E-state index contributed by atoms with van der Waals surface area (Å²) in [4.78, 5) is 25.2. The molecule has 1 aliphatic rings. The number of benzene rings is 1. The van der Waals surface area contributed by atoms with Crippen molar-refractivity contribution < 1.29 is 23.8 Å². The summed E-state index contributed by atoms with van der Waals surface area (Å²) < 4.78 is 16.2. The number of hydrogen-bond acceptors (Lipinski definition) is 5. The number of hydrogen-bond donors (Lipinski definition) is 0. The minimum absolute atomic E-state index is 0.201. The van der Waals surface area contributed by atoms with E-state index in [9.17, 15) is 9.59 Å². The van der Waals surface area contributed by atoms with Crippen molar-refractivity contribution in [3.05, 3.63) is 42.5 Å². The molecule has 23 heavy (non-hydrogen) atoms. The highest BCUT2D eigenvalue weighted by molar-refractivity contribution is 6.04. The van der Waals surface area contributed by atoms with Crippen molar-refractivity contribution >= 4 is 11.8 Å². The van der Waals surface area contributed by atoms with Crippen molar-refractivity contribution in [3.63, 3.8) is 0 Å². The van der Waals surface area contributed by atoms with Crippen molar-refractivity contribution in [1.29, 1.82) is 0 Å². The SMILES string of the molecule is C=CC1COC(c2ccc(OC)cc2)C1(C(C)=O)C(=O)OCC. The Hall–Kier alpha value is -2.14. The van der Waals surface area contributed by atoms with E-state index in [1.807, 2.05) is 0 Å². The summed E-state index contributed by atoms with van der Waals surface area (Å²) >= 11 is 0. The molecule has 0 amide bonds. The molecule has 0 spiro atoms. The van der Waals surface area contributed by atoms with E-state index in [4.69, 9.17) is 14.2 Å². The highest BCUT2D eigenvalue weighted by atomic mass is 16.5. The molecule has 5 nitrogen and oxygen atoms in total. The first-order chi connectivity index (χ1) is 11.0. The highest BCUT2D eigenvalue weighted by Crippen LogP contribution is 2.51. The van der Waals surface area contributed by atoms with E-state index in [1.165, 1.54) is 6.92 Å². The topological polar surface area (TPSA) is 61.8 Å². The monoisotopic (exact) mass is 318 g/mol. The van der Waals surface area contributed by atoms with Crippen LogP contribution in [-0.4, -0.2) is 32.1 Å². The molecule has 0 saturated carbocycles. The lowest BCUT2D eigenvalue weighted by Gasteiger charge is -2.32. The normalized spacial score (nSPS) is 26.6. The molecule has 1 aromatic carbocycles. The van der Waals surface area contributed by atoms with Crippen molar-refractivity contribution in [2.45, 2.75) is 20.0 Å². The predicted molar refractivity (Wildman–Crippen MR) is 85.1 cm³/mol. The molecular formula is C18H22O5. The fourth-order valence-corrected chi connectivity index (χ4v) is 3.15. The maximum absolute atomic E-state index is 12.7. The summed E-state index contributed by atoms with van der Waals surface area (Å²) in [7, 11) is 1.58. The molecule has 3 atom stereocenters. The second-order valence-corrected chi connectivity index (χ2v) is 5.47. The Morgan fingerprint density at radius 2 is 2.04 bits per heavy atom. The van der Waals surface area contributed by atoms with Crippen LogP contribution in [0.2, 0.25) is 0 Å². The van der Waals surface area contributed by atoms with Crippen molar-refractivity contribution in [1.82, 2.24) is 0 Å². The molecule has 1 saturated heterocycles. The van der Waals surface area contributed by atoms with E-state index in [0.717, 1.165) is 5.56 Å². The lowest BCUT2D eigenvalue weighted by Crippen LogP contribution is -2.46. The fraction of sp³-hybridized carbons (Fsp3) is 0.444. The molecule has 2 rings (SSSR count). The van der Waals surface area contributed by atoms with E-state index in [1.54, 1.807) is 44.4 Å². The summed E-state index contributed by atoms with van der Waals surface area (Å²) in [5.41, 5.74) is -0.662. The molecular weight excluding hydrogens is 296 g/mol. The van der Waals surface area contributed by atoms with Gasteiger partial charge in [-0.1, -0.05) is 18.2 Å². The molecule has 1 fully saturated rings. The zero-order valence-corrected chi connectivity index (χ0v) is 13.7. The van der Waals surface area contributed by atoms with Crippen LogP contribution >= 0.6 is 0 Å². The Morgan fingerprint density at radius 1 is 1.39 bits per heavy atom. The van der Waals surface area contributed by atoms with Crippen LogP contribution in [-0.2, 0) is 19.1 Å². The van der Waals surface area contributed by atoms with Gasteiger partial charge in [-0.25, -0.2) is 0 Å². The largest absolute Gasteiger partial charge is 0.497 e. The van der Waals surface area contributed by atoms with Crippen LogP contribution in [0.3, 0.4) is 0 Å². The minimum atomic E-state index is -1.40. The van der Waals surface area contributed by atoms with Gasteiger partial charge in [-0.2, -0.15) is 0 Å². The van der Waals surface area contributed by atoms with Gasteiger partial charge in [-0.15, -0.1) is 6.58 Å². The van der Waals surface area contributed by atoms with E-state index >= 15 is 0 Å². The minimum Gasteiger partial charge on any atom is -0.497 e. The van der Waals surface area contributed by atoms with Crippen LogP contribution in [0, 0.1) is 11.3 Å². The van der Waals surface area contributed by atoms with Crippen LogP contribution in [0.5, 0.6) is 5.75 Å². The second kappa shape index (κ2) is 6.96. The van der Waals surface area contributed by atoms with Gasteiger partial charge in [0, 0.05) is 5.92 Å². The molecule has 0 N–H and O–H groups in total. The first-order valence-corrected chi connectivity index (χ1v) is 7.58. The summed E-state index contributed by atoms with van der Waals surface area (Å²) in [5, 5.41) is 0. The maximum atomic E-state index is 12.7. The molecule has 1 aromatic rings. The van der Waals surface area contributed by atoms with Gasteiger partial charge in [-0.05, 0) is 31.5 Å². The van der Waals surface area contributed by atoms with Crippen LogP contribution in [0.15, 0.2) is 36.9 Å². The smallest absolute Gasteiger partial charge is 0.323 e. The lowest BCUT2D eigenvalue weighted by atomic mass is 9.68. The molecule has 0 radical (unpaired) electrons. The van der Waals surface area contributed by atoms with Crippen LogP contribution in [0.4, 0.5) is 0 Å². The summed E-state index contributed by atoms with van der Waals surface area (Å²) in [6, 6.07) is 7.14. The maximum Gasteiger partial charge on any atom is 0.323 e. The highest BCUT2D eigenvalue weighted by Gasteiger charge is 2.61. The predicted octanol–water partition coefficient (Wildman–Crippen LogP) is 2.71. The van der Waals surface area contributed by atoms with Crippen molar-refractivity contribution in [3.8, 4) is 5.75 Å². The molecule has 1 aliphatic heterocycles. The average molecular weight is 318 g/mol. The average Bonchev–Trinajstić information content (AvgIpc) is 2.95. The number of carbonyl (C=O) groups excluding carboxylic acids is 2. The van der Waals surface area contributed by atoms with Crippen LogP contribution < -0.4 is 4.74 Å². The van der Waals surface area contributed by atoms with Gasteiger partial charge in [0.25, 0.3) is 0 Å². The molecule has 0 aliphatic carbocycles. The van der Waals surface area contributed by atoms with Crippen molar-refractivity contribution in [2.75, 3.05) is 20.3 Å². The first-order valence-electron chi connectivity index (χ1n) is 7.58. The van der Waals surface area contributed by atoms with Gasteiger partial charge in [0.1, 0.15) is 11.9 Å². The number of Topliss-reactive ketones (excluding diaryl/α,β-unsaturated/α-hetero) is 1. The van der Waals surface area contributed by atoms with Gasteiger partial charge in [0.2, 0.25) is 0 Å². The Kier molecular flexibility index (Phi) is 5.21. The standard InChI is InChI=1S/C18H22O5/c1-5-14-11-23-16(13-7-9-15(21-4)10-8-13)18(14,12(3)19)17(20)22-6-2/h5,7-10,14,16H,1,6,11H2,2-4H3. The molecule has 0 aromatic heterocycles. The zero-order valence-electron chi connectivity index (χ0n) is 13.7. The molecule has 124 valence electrons. The Labute approximate surface area is 136 Å². The molecule has 5 heteroatoms. The summed E-state index contributed by atoms with van der Waals surface area (Å²) in [6.45, 7) is 7.32. The molecule has 3 unspecified atom stereocenters. The zero-order chi connectivity index (χ0) is 17.0. The third-order valence-corrected chi connectivity index (χ3v) is 4.34. The molecule has 0 bridgehead atoms. The quantitative estimate of drug-likeness (QED) is 0.458. The Bertz CT molecular complexity index is 592. The summed E-state index contributed by atoms with van der Waals surface area (Å²) in [6.07, 6.45) is 0.898. The fourth-order valence-electron chi connectivity index (χ4n) is 3.15. The third-order valence-electron chi connectivity index (χ3n) is 4.34. The number of ether oxygens (including phenoxy) is 3. The van der Waals surface area contributed by atoms with Crippen LogP contribution in [0.1, 0.15) is 25.5 Å². The van der Waals surface area contributed by atoms with E-state index < -0.39 is 23.4 Å². The van der Waals surface area contributed by atoms with Gasteiger partial charge < -0.3 is 14.2 Å². The Balaban J connectivity index is 2.52. The van der Waals surface area contributed by atoms with Crippen LogP contribution in [0.25, 0.3) is 0 Å². The van der Waals surface area contributed by atoms with Gasteiger partial charge in [0.15, 0.2) is 11.2 Å². The second-order valence-electron chi connectivity index (χ2n) is 5.47. The van der Waals surface area contributed by atoms with Crippen molar-refractivity contribution in [2.24, 2.45) is 11.3 Å². The first kappa shape index (κ1) is 17.2.